The van der Waals surface area contributed by atoms with Crippen molar-refractivity contribution in [2.75, 3.05) is 27.3 Å². The molecule has 1 aromatic heterocycles. The minimum absolute atomic E-state index is 0.00920. The molecule has 1 saturated heterocycles. The first-order valence-electron chi connectivity index (χ1n) is 10.7. The van der Waals surface area contributed by atoms with E-state index in [1.165, 1.54) is 47.1 Å². The van der Waals surface area contributed by atoms with Crippen LogP contribution >= 0.6 is 0 Å². The number of nitrogens with zero attached hydrogens (tertiary/aromatic N) is 3. The molecule has 182 valence electrons. The summed E-state index contributed by atoms with van der Waals surface area (Å²) in [4.78, 5) is 4.44. The number of benzene rings is 2. The van der Waals surface area contributed by atoms with Gasteiger partial charge in [0, 0.05) is 42.8 Å². The maximum atomic E-state index is 13.6. The Morgan fingerprint density at radius 1 is 0.824 bits per heavy atom. The molecule has 0 aliphatic carbocycles. The molecule has 0 amide bonds. The van der Waals surface area contributed by atoms with Crippen molar-refractivity contribution in [2.45, 2.75) is 35.7 Å². The third-order valence-corrected chi connectivity index (χ3v) is 10.0. The molecule has 9 nitrogen and oxygen atoms in total. The van der Waals surface area contributed by atoms with Gasteiger partial charge >= 0.3 is 0 Å². The summed E-state index contributed by atoms with van der Waals surface area (Å²) in [5.74, 6) is 0.719. The number of ether oxygens (including phenoxy) is 2. The Balaban J connectivity index is 1.66. The number of piperazine rings is 1. The highest BCUT2D eigenvalue weighted by Gasteiger charge is 2.42. The number of sulfonamides is 2. The van der Waals surface area contributed by atoms with Gasteiger partial charge in [0.25, 0.3) is 0 Å². The minimum Gasteiger partial charge on any atom is -0.493 e. The quantitative estimate of drug-likeness (QED) is 0.507. The van der Waals surface area contributed by atoms with E-state index in [4.69, 9.17) is 9.47 Å². The van der Waals surface area contributed by atoms with Gasteiger partial charge in [-0.05, 0) is 38.1 Å². The van der Waals surface area contributed by atoms with Crippen LogP contribution < -0.4 is 9.47 Å². The van der Waals surface area contributed by atoms with Gasteiger partial charge in [-0.3, -0.25) is 4.98 Å². The first-order valence-corrected chi connectivity index (χ1v) is 13.6. The van der Waals surface area contributed by atoms with Gasteiger partial charge in [0.05, 0.1) is 24.6 Å². The third kappa shape index (κ3) is 4.13. The zero-order chi connectivity index (χ0) is 24.7. The fourth-order valence-corrected chi connectivity index (χ4v) is 7.85. The van der Waals surface area contributed by atoms with Crippen LogP contribution in [-0.2, 0) is 20.0 Å². The number of aromatic nitrogens is 1. The molecular weight excluding hydrogens is 478 g/mol. The molecule has 0 radical (unpaired) electrons. The van der Waals surface area contributed by atoms with Crippen LogP contribution in [0.15, 0.2) is 64.5 Å². The van der Waals surface area contributed by atoms with E-state index < -0.39 is 32.1 Å². The zero-order valence-corrected chi connectivity index (χ0v) is 21.0. The number of rotatable bonds is 6. The number of hydrogen-bond acceptors (Lipinski definition) is 7. The zero-order valence-electron chi connectivity index (χ0n) is 19.4. The Bertz CT molecular complexity index is 1420. The molecule has 34 heavy (non-hydrogen) atoms. The van der Waals surface area contributed by atoms with Gasteiger partial charge < -0.3 is 9.47 Å². The normalized spacial score (nSPS) is 20.4. The maximum absolute atomic E-state index is 13.6. The number of pyridine rings is 1. The lowest BCUT2D eigenvalue weighted by molar-refractivity contribution is 0.164. The molecule has 0 unspecified atom stereocenters. The Kier molecular flexibility index (Phi) is 6.56. The average molecular weight is 506 g/mol. The van der Waals surface area contributed by atoms with Crippen molar-refractivity contribution in [3.63, 3.8) is 0 Å². The lowest BCUT2D eigenvalue weighted by atomic mass is 10.2. The summed E-state index contributed by atoms with van der Waals surface area (Å²) >= 11 is 0. The van der Waals surface area contributed by atoms with Crippen LogP contribution in [0.1, 0.15) is 13.8 Å². The van der Waals surface area contributed by atoms with Crippen molar-refractivity contribution in [1.29, 1.82) is 0 Å². The first kappa shape index (κ1) is 24.4. The van der Waals surface area contributed by atoms with Crippen molar-refractivity contribution < 1.29 is 26.3 Å². The lowest BCUT2D eigenvalue weighted by Gasteiger charge is -2.42. The molecule has 2 heterocycles. The van der Waals surface area contributed by atoms with Crippen LogP contribution in [0.25, 0.3) is 10.9 Å². The molecule has 0 N–H and O–H groups in total. The average Bonchev–Trinajstić information content (AvgIpc) is 2.84. The minimum atomic E-state index is -3.91. The van der Waals surface area contributed by atoms with Gasteiger partial charge in [-0.2, -0.15) is 8.61 Å². The number of fused-ring (bicyclic) bond motifs is 1. The number of hydrogen-bond donors (Lipinski definition) is 0. The van der Waals surface area contributed by atoms with E-state index in [0.29, 0.717) is 17.0 Å². The molecule has 4 rings (SSSR count). The first-order chi connectivity index (χ1) is 16.1. The molecule has 1 fully saturated rings. The van der Waals surface area contributed by atoms with Crippen LogP contribution in [0.2, 0.25) is 0 Å². The van der Waals surface area contributed by atoms with Crippen molar-refractivity contribution in [2.24, 2.45) is 0 Å². The summed E-state index contributed by atoms with van der Waals surface area (Å²) in [5, 5.41) is 0.721. The fraction of sp³-hybridized carbons (Fsp3) is 0.348. The number of para-hydroxylation sites is 1. The monoisotopic (exact) mass is 505 g/mol. The molecule has 0 spiro atoms. The Labute approximate surface area is 200 Å². The second-order valence-electron chi connectivity index (χ2n) is 8.20. The van der Waals surface area contributed by atoms with Gasteiger partial charge in [-0.15, -0.1) is 0 Å². The van der Waals surface area contributed by atoms with Crippen molar-refractivity contribution in [3.05, 3.63) is 54.7 Å². The summed E-state index contributed by atoms with van der Waals surface area (Å²) in [6.45, 7) is 3.43. The second-order valence-corrected chi connectivity index (χ2v) is 11.9. The van der Waals surface area contributed by atoms with E-state index in [-0.39, 0.29) is 22.9 Å². The van der Waals surface area contributed by atoms with Gasteiger partial charge in [-0.1, -0.05) is 18.2 Å². The second kappa shape index (κ2) is 9.14. The maximum Gasteiger partial charge on any atom is 0.245 e. The molecule has 2 aromatic carbocycles. The van der Waals surface area contributed by atoms with E-state index in [1.54, 1.807) is 44.3 Å². The van der Waals surface area contributed by atoms with Crippen molar-refractivity contribution in [1.82, 2.24) is 13.6 Å². The van der Waals surface area contributed by atoms with E-state index in [0.717, 1.165) is 5.39 Å². The van der Waals surface area contributed by atoms with Crippen LogP contribution in [0.3, 0.4) is 0 Å². The van der Waals surface area contributed by atoms with Crippen LogP contribution in [0.4, 0.5) is 0 Å². The standard InChI is InChI=1S/C23H27N3O6S2/c1-16-15-26(34(29,30)22-9-5-7-18-8-6-12-24-23(18)22)17(2)14-25(16)33(27,28)19-10-11-20(31-3)21(13-19)32-4/h5-13,16-17H,14-15H2,1-4H3/t16-,17-/m0/s1. The highest BCUT2D eigenvalue weighted by molar-refractivity contribution is 7.89. The molecule has 2 atom stereocenters. The highest BCUT2D eigenvalue weighted by atomic mass is 32.2. The Hall–Kier alpha value is -2.73. The summed E-state index contributed by atoms with van der Waals surface area (Å²) in [6.07, 6.45) is 1.56. The van der Waals surface area contributed by atoms with Gasteiger partial charge in [0.15, 0.2) is 11.5 Å². The highest BCUT2D eigenvalue weighted by Crippen LogP contribution is 2.34. The van der Waals surface area contributed by atoms with E-state index in [2.05, 4.69) is 4.98 Å². The van der Waals surface area contributed by atoms with Crippen LogP contribution in [-0.4, -0.2) is 69.8 Å². The van der Waals surface area contributed by atoms with Crippen molar-refractivity contribution in [3.8, 4) is 11.5 Å². The summed E-state index contributed by atoms with van der Waals surface area (Å²) in [7, 11) is -4.91. The van der Waals surface area contributed by atoms with E-state index in [9.17, 15) is 16.8 Å². The molecular formula is C23H27N3O6S2. The van der Waals surface area contributed by atoms with Crippen LogP contribution in [0, 0.1) is 0 Å². The molecule has 1 aliphatic rings. The van der Waals surface area contributed by atoms with Gasteiger partial charge in [0.2, 0.25) is 20.0 Å². The number of methoxy groups -OCH3 is 2. The smallest absolute Gasteiger partial charge is 0.245 e. The Morgan fingerprint density at radius 3 is 2.09 bits per heavy atom. The molecule has 0 bridgehead atoms. The molecule has 0 saturated carbocycles. The molecule has 3 aromatic rings. The largest absolute Gasteiger partial charge is 0.493 e. The van der Waals surface area contributed by atoms with E-state index in [1.807, 2.05) is 0 Å². The molecule has 1 aliphatic heterocycles. The predicted molar refractivity (Wildman–Crippen MR) is 128 cm³/mol. The Morgan fingerprint density at radius 2 is 1.44 bits per heavy atom. The summed E-state index contributed by atoms with van der Waals surface area (Å²) < 4.78 is 67.3. The van der Waals surface area contributed by atoms with Crippen molar-refractivity contribution >= 4 is 30.9 Å². The third-order valence-electron chi connectivity index (χ3n) is 6.02. The SMILES string of the molecule is COc1ccc(S(=O)(=O)N2C[C@H](C)N(S(=O)(=O)c3cccc4cccnc34)C[C@@H]2C)cc1OC. The fourth-order valence-electron chi connectivity index (χ4n) is 4.26. The van der Waals surface area contributed by atoms with Gasteiger partial charge in [0.1, 0.15) is 4.90 Å². The van der Waals surface area contributed by atoms with E-state index >= 15 is 0 Å². The summed E-state index contributed by atoms with van der Waals surface area (Å²) in [6, 6.07) is 11.8. The van der Waals surface area contributed by atoms with Gasteiger partial charge in [-0.25, -0.2) is 16.8 Å². The topological polar surface area (TPSA) is 106 Å². The lowest BCUT2D eigenvalue weighted by Crippen LogP contribution is -2.59. The molecule has 11 heteroatoms. The van der Waals surface area contributed by atoms with Crippen LogP contribution in [0.5, 0.6) is 11.5 Å². The summed E-state index contributed by atoms with van der Waals surface area (Å²) in [5.41, 5.74) is 0.394. The predicted octanol–water partition coefficient (Wildman–Crippen LogP) is 2.72.